The highest BCUT2D eigenvalue weighted by atomic mass is 19.2. The molecule has 0 spiro atoms. The number of hydrogen-bond donors (Lipinski definition) is 1. The number of fused-ring (bicyclic) bond motifs is 1. The van der Waals surface area contributed by atoms with Gasteiger partial charge in [0.2, 0.25) is 0 Å². The van der Waals surface area contributed by atoms with Crippen molar-refractivity contribution in [2.24, 2.45) is 0 Å². The molecule has 24 heavy (non-hydrogen) atoms. The van der Waals surface area contributed by atoms with E-state index >= 15 is 0 Å². The minimum absolute atomic E-state index is 0.00589. The normalized spacial score (nSPS) is 11.1. The van der Waals surface area contributed by atoms with E-state index in [4.69, 9.17) is 0 Å². The number of hydrogen-bond acceptors (Lipinski definition) is 2. The van der Waals surface area contributed by atoms with Crippen molar-refractivity contribution >= 4 is 16.6 Å². The second-order valence-corrected chi connectivity index (χ2v) is 4.91. The molecule has 3 rings (SSSR count). The third-order valence-corrected chi connectivity index (χ3v) is 3.42. The molecule has 2 aromatic carbocycles. The first kappa shape index (κ1) is 16.1. The lowest BCUT2D eigenvalue weighted by molar-refractivity contribution is 0.413. The fourth-order valence-electron chi connectivity index (χ4n) is 2.28. The van der Waals surface area contributed by atoms with Crippen molar-refractivity contribution in [1.82, 2.24) is 4.98 Å². The number of benzene rings is 2. The lowest BCUT2D eigenvalue weighted by atomic mass is 10.1. The Bertz CT molecular complexity index is 927. The van der Waals surface area contributed by atoms with Gasteiger partial charge in [-0.05, 0) is 5.56 Å². The molecule has 0 saturated heterocycles. The second kappa shape index (κ2) is 6.03. The van der Waals surface area contributed by atoms with Crippen LogP contribution in [0.15, 0.2) is 30.3 Å². The zero-order chi connectivity index (χ0) is 17.4. The summed E-state index contributed by atoms with van der Waals surface area (Å²) >= 11 is 0. The van der Waals surface area contributed by atoms with Gasteiger partial charge in [-0.1, -0.05) is 30.3 Å². The molecule has 8 heteroatoms. The zero-order valence-corrected chi connectivity index (χ0v) is 11.8. The Morgan fingerprint density at radius 3 is 1.92 bits per heavy atom. The van der Waals surface area contributed by atoms with Crippen LogP contribution in [0.3, 0.4) is 0 Å². The van der Waals surface area contributed by atoms with Crippen LogP contribution < -0.4 is 5.32 Å². The molecule has 0 amide bonds. The Morgan fingerprint density at radius 1 is 0.708 bits per heavy atom. The maximum absolute atomic E-state index is 14.0. The molecule has 3 aromatic rings. The number of nitrogens with one attached hydrogen (secondary N) is 1. The predicted molar refractivity (Wildman–Crippen MR) is 75.3 cm³/mol. The van der Waals surface area contributed by atoms with Gasteiger partial charge in [0.05, 0.1) is 10.8 Å². The highest BCUT2D eigenvalue weighted by molar-refractivity contribution is 5.93. The monoisotopic (exact) mass is 342 g/mol. The summed E-state index contributed by atoms with van der Waals surface area (Å²) in [6.45, 7) is -0.00589. The fraction of sp³-hybridized carbons (Fsp3) is 0.0625. The summed E-state index contributed by atoms with van der Waals surface area (Å²) in [5.41, 5.74) is 0.667. The molecule has 2 nitrogen and oxygen atoms in total. The second-order valence-electron chi connectivity index (χ2n) is 4.91. The van der Waals surface area contributed by atoms with Crippen molar-refractivity contribution in [3.05, 3.63) is 70.9 Å². The number of rotatable bonds is 3. The minimum Gasteiger partial charge on any atom is -0.365 e. The van der Waals surface area contributed by atoms with E-state index < -0.39 is 51.6 Å². The Hall–Kier alpha value is -2.77. The first-order valence-corrected chi connectivity index (χ1v) is 6.70. The third kappa shape index (κ3) is 2.53. The zero-order valence-electron chi connectivity index (χ0n) is 11.8. The SMILES string of the molecule is Fc1nc(NCc2ccccc2)c2c(F)c(F)c(F)c(F)c2c1F. The van der Waals surface area contributed by atoms with Gasteiger partial charge in [0.25, 0.3) is 5.95 Å². The van der Waals surface area contributed by atoms with Crippen LogP contribution >= 0.6 is 0 Å². The fourth-order valence-corrected chi connectivity index (χ4v) is 2.28. The van der Waals surface area contributed by atoms with Crippen LogP contribution in [-0.2, 0) is 6.54 Å². The molecule has 0 aliphatic heterocycles. The molecular formula is C16H8F6N2. The molecule has 1 heterocycles. The summed E-state index contributed by atoms with van der Waals surface area (Å²) in [6.07, 6.45) is 0. The van der Waals surface area contributed by atoms with Crippen LogP contribution in [-0.4, -0.2) is 4.98 Å². The number of halogens is 6. The lowest BCUT2D eigenvalue weighted by Gasteiger charge is -2.12. The topological polar surface area (TPSA) is 24.9 Å². The van der Waals surface area contributed by atoms with Crippen LogP contribution in [0.4, 0.5) is 32.2 Å². The Labute approximate surface area is 131 Å². The standard InChI is InChI=1S/C16H8F6N2/c17-10-8-9(11(18)14(21)13(10)20)16(24-15(22)12(8)19)23-6-7-4-2-1-3-5-7/h1-5H,6H2,(H,23,24). The van der Waals surface area contributed by atoms with Gasteiger partial charge in [-0.25, -0.2) is 22.0 Å². The van der Waals surface area contributed by atoms with Crippen molar-refractivity contribution in [2.75, 3.05) is 5.32 Å². The average molecular weight is 342 g/mol. The van der Waals surface area contributed by atoms with Crippen molar-refractivity contribution in [3.8, 4) is 0 Å². The van der Waals surface area contributed by atoms with Gasteiger partial charge in [-0.3, -0.25) is 0 Å². The maximum atomic E-state index is 14.0. The highest BCUT2D eigenvalue weighted by Crippen LogP contribution is 2.33. The molecule has 0 aliphatic carbocycles. The molecule has 0 radical (unpaired) electrons. The molecule has 1 N–H and O–H groups in total. The smallest absolute Gasteiger partial charge is 0.251 e. The van der Waals surface area contributed by atoms with Crippen LogP contribution in [0.1, 0.15) is 5.56 Å². The summed E-state index contributed by atoms with van der Waals surface area (Å²) < 4.78 is 81.8. The molecule has 0 aliphatic rings. The Kier molecular flexibility index (Phi) is 4.04. The van der Waals surface area contributed by atoms with Crippen LogP contribution in [0.25, 0.3) is 10.8 Å². The van der Waals surface area contributed by atoms with Crippen LogP contribution in [0.5, 0.6) is 0 Å². The van der Waals surface area contributed by atoms with E-state index in [9.17, 15) is 26.3 Å². The van der Waals surface area contributed by atoms with Crippen molar-refractivity contribution in [3.63, 3.8) is 0 Å². The minimum atomic E-state index is -2.22. The van der Waals surface area contributed by atoms with Crippen LogP contribution in [0, 0.1) is 35.0 Å². The molecule has 124 valence electrons. The highest BCUT2D eigenvalue weighted by Gasteiger charge is 2.27. The van der Waals surface area contributed by atoms with E-state index in [1.54, 1.807) is 30.3 Å². The molecule has 0 fully saturated rings. The van der Waals surface area contributed by atoms with Crippen molar-refractivity contribution < 1.29 is 26.3 Å². The molecule has 1 aromatic heterocycles. The van der Waals surface area contributed by atoms with Gasteiger partial charge in [0, 0.05) is 6.54 Å². The predicted octanol–water partition coefficient (Wildman–Crippen LogP) is 4.68. The van der Waals surface area contributed by atoms with Crippen molar-refractivity contribution in [1.29, 1.82) is 0 Å². The number of aromatic nitrogens is 1. The van der Waals surface area contributed by atoms with Crippen molar-refractivity contribution in [2.45, 2.75) is 6.54 Å². The Morgan fingerprint density at radius 2 is 1.29 bits per heavy atom. The van der Waals surface area contributed by atoms with E-state index in [1.165, 1.54) is 0 Å². The van der Waals surface area contributed by atoms with Gasteiger partial charge in [0.1, 0.15) is 5.82 Å². The number of anilines is 1. The quantitative estimate of drug-likeness (QED) is 0.323. The molecule has 0 saturated carbocycles. The van der Waals surface area contributed by atoms with E-state index in [-0.39, 0.29) is 6.54 Å². The maximum Gasteiger partial charge on any atom is 0.251 e. The largest absolute Gasteiger partial charge is 0.365 e. The molecular weight excluding hydrogens is 334 g/mol. The Balaban J connectivity index is 2.19. The first-order valence-electron chi connectivity index (χ1n) is 6.70. The number of nitrogens with zero attached hydrogens (tertiary/aromatic N) is 1. The first-order chi connectivity index (χ1) is 11.4. The van der Waals surface area contributed by atoms with Gasteiger partial charge in [-0.2, -0.15) is 9.37 Å². The van der Waals surface area contributed by atoms with E-state index in [1.807, 2.05) is 0 Å². The van der Waals surface area contributed by atoms with Gasteiger partial charge in [0.15, 0.2) is 29.1 Å². The van der Waals surface area contributed by atoms with E-state index in [2.05, 4.69) is 10.3 Å². The molecule has 0 bridgehead atoms. The number of pyridine rings is 1. The van der Waals surface area contributed by atoms with Gasteiger partial charge >= 0.3 is 0 Å². The van der Waals surface area contributed by atoms with E-state index in [0.717, 1.165) is 0 Å². The van der Waals surface area contributed by atoms with Gasteiger partial charge < -0.3 is 5.32 Å². The average Bonchev–Trinajstić information content (AvgIpc) is 2.59. The van der Waals surface area contributed by atoms with Gasteiger partial charge in [-0.15, -0.1) is 0 Å². The summed E-state index contributed by atoms with van der Waals surface area (Å²) in [4.78, 5) is 3.14. The lowest BCUT2D eigenvalue weighted by Crippen LogP contribution is -2.09. The molecule has 0 atom stereocenters. The summed E-state index contributed by atoms with van der Waals surface area (Å²) in [5.74, 6) is -12.5. The summed E-state index contributed by atoms with van der Waals surface area (Å²) in [7, 11) is 0. The summed E-state index contributed by atoms with van der Waals surface area (Å²) in [5, 5.41) is 0.136. The van der Waals surface area contributed by atoms with Crippen LogP contribution in [0.2, 0.25) is 0 Å². The van der Waals surface area contributed by atoms with E-state index in [0.29, 0.717) is 5.56 Å². The third-order valence-electron chi connectivity index (χ3n) is 3.42. The molecule has 0 unspecified atom stereocenters. The summed E-state index contributed by atoms with van der Waals surface area (Å²) in [6, 6.07) is 8.48.